The molecule has 0 saturated carbocycles. The Kier molecular flexibility index (Phi) is 5.13. The van der Waals surface area contributed by atoms with Crippen LogP contribution < -0.4 is 10.9 Å². The number of rotatable bonds is 6. The SMILES string of the molecule is Cc1cc(NCCc2ccccc2)cc(=O)n1CC1CCCO1. The lowest BCUT2D eigenvalue weighted by Crippen LogP contribution is -2.28. The maximum atomic E-state index is 12.3. The summed E-state index contributed by atoms with van der Waals surface area (Å²) in [4.78, 5) is 12.3. The number of hydrogen-bond acceptors (Lipinski definition) is 3. The summed E-state index contributed by atoms with van der Waals surface area (Å²) in [5, 5.41) is 3.35. The van der Waals surface area contributed by atoms with Crippen LogP contribution in [0.5, 0.6) is 0 Å². The molecule has 0 amide bonds. The van der Waals surface area contributed by atoms with Crippen LogP contribution in [0, 0.1) is 6.92 Å². The van der Waals surface area contributed by atoms with E-state index in [0.29, 0.717) is 6.54 Å². The molecule has 122 valence electrons. The molecule has 1 aliphatic rings. The van der Waals surface area contributed by atoms with Gasteiger partial charge in [0.05, 0.1) is 12.6 Å². The van der Waals surface area contributed by atoms with Crippen LogP contribution in [0.1, 0.15) is 24.1 Å². The molecule has 0 aliphatic carbocycles. The van der Waals surface area contributed by atoms with Crippen molar-refractivity contribution in [1.29, 1.82) is 0 Å². The first-order chi connectivity index (χ1) is 11.2. The lowest BCUT2D eigenvalue weighted by atomic mass is 10.1. The van der Waals surface area contributed by atoms with Crippen molar-refractivity contribution in [1.82, 2.24) is 4.57 Å². The van der Waals surface area contributed by atoms with Gasteiger partial charge >= 0.3 is 0 Å². The molecular weight excluding hydrogens is 288 g/mol. The topological polar surface area (TPSA) is 43.3 Å². The highest BCUT2D eigenvalue weighted by Crippen LogP contribution is 2.15. The minimum Gasteiger partial charge on any atom is -0.385 e. The third-order valence-corrected chi connectivity index (χ3v) is 4.33. The van der Waals surface area contributed by atoms with Gasteiger partial charge in [-0.15, -0.1) is 0 Å². The first-order valence-electron chi connectivity index (χ1n) is 8.33. The van der Waals surface area contributed by atoms with E-state index in [2.05, 4.69) is 17.4 Å². The van der Waals surface area contributed by atoms with Crippen LogP contribution in [0.4, 0.5) is 5.69 Å². The van der Waals surface area contributed by atoms with Crippen molar-refractivity contribution in [3.8, 4) is 0 Å². The summed E-state index contributed by atoms with van der Waals surface area (Å²) in [5.41, 5.74) is 3.22. The summed E-state index contributed by atoms with van der Waals surface area (Å²) < 4.78 is 7.45. The van der Waals surface area contributed by atoms with E-state index in [0.717, 1.165) is 43.8 Å². The van der Waals surface area contributed by atoms with Gasteiger partial charge in [-0.05, 0) is 37.8 Å². The molecule has 1 fully saturated rings. The zero-order valence-electron chi connectivity index (χ0n) is 13.6. The van der Waals surface area contributed by atoms with Gasteiger partial charge in [-0.3, -0.25) is 4.79 Å². The zero-order chi connectivity index (χ0) is 16.1. The molecule has 1 aromatic carbocycles. The second-order valence-corrected chi connectivity index (χ2v) is 6.13. The Bertz CT molecular complexity index is 688. The van der Waals surface area contributed by atoms with Gasteiger partial charge in [0.2, 0.25) is 0 Å². The van der Waals surface area contributed by atoms with Crippen molar-refractivity contribution in [3.05, 3.63) is 64.1 Å². The number of benzene rings is 1. The Morgan fingerprint density at radius 1 is 1.26 bits per heavy atom. The van der Waals surface area contributed by atoms with E-state index in [1.54, 1.807) is 6.07 Å². The molecule has 0 radical (unpaired) electrons. The van der Waals surface area contributed by atoms with Crippen molar-refractivity contribution >= 4 is 5.69 Å². The average molecular weight is 312 g/mol. The van der Waals surface area contributed by atoms with Gasteiger partial charge in [0.25, 0.3) is 5.56 Å². The molecule has 0 spiro atoms. The Hall–Kier alpha value is -2.07. The fourth-order valence-corrected chi connectivity index (χ4v) is 3.05. The fraction of sp³-hybridized carbons (Fsp3) is 0.421. The molecule has 1 aliphatic heterocycles. The van der Waals surface area contributed by atoms with Crippen LogP contribution >= 0.6 is 0 Å². The maximum absolute atomic E-state index is 12.3. The number of pyridine rings is 1. The lowest BCUT2D eigenvalue weighted by molar-refractivity contribution is 0.0956. The summed E-state index contributed by atoms with van der Waals surface area (Å²) in [7, 11) is 0. The Balaban J connectivity index is 1.61. The van der Waals surface area contributed by atoms with E-state index in [4.69, 9.17) is 4.74 Å². The molecular formula is C19H24N2O2. The summed E-state index contributed by atoms with van der Waals surface area (Å²) >= 11 is 0. The molecule has 1 N–H and O–H groups in total. The Morgan fingerprint density at radius 2 is 2.09 bits per heavy atom. The van der Waals surface area contributed by atoms with Crippen molar-refractivity contribution < 1.29 is 4.74 Å². The van der Waals surface area contributed by atoms with Crippen LogP contribution in [0.15, 0.2) is 47.3 Å². The molecule has 0 bridgehead atoms. The fourth-order valence-electron chi connectivity index (χ4n) is 3.05. The van der Waals surface area contributed by atoms with Gasteiger partial charge in [0, 0.05) is 30.6 Å². The van der Waals surface area contributed by atoms with E-state index >= 15 is 0 Å². The second kappa shape index (κ2) is 7.47. The molecule has 4 nitrogen and oxygen atoms in total. The van der Waals surface area contributed by atoms with Crippen LogP contribution in [-0.2, 0) is 17.7 Å². The van der Waals surface area contributed by atoms with Gasteiger partial charge in [-0.25, -0.2) is 0 Å². The third-order valence-electron chi connectivity index (χ3n) is 4.33. The predicted molar refractivity (Wildman–Crippen MR) is 93.0 cm³/mol. The largest absolute Gasteiger partial charge is 0.385 e. The second-order valence-electron chi connectivity index (χ2n) is 6.13. The van der Waals surface area contributed by atoms with E-state index in [1.807, 2.05) is 35.8 Å². The number of aryl methyl sites for hydroxylation is 1. The predicted octanol–water partition coefficient (Wildman–Crippen LogP) is 2.99. The van der Waals surface area contributed by atoms with E-state index in [1.165, 1.54) is 5.56 Å². The first kappa shape index (κ1) is 15.8. The number of anilines is 1. The normalized spacial score (nSPS) is 17.3. The highest BCUT2D eigenvalue weighted by atomic mass is 16.5. The van der Waals surface area contributed by atoms with Crippen molar-refractivity contribution in [2.24, 2.45) is 0 Å². The molecule has 1 aromatic heterocycles. The molecule has 1 atom stereocenters. The third kappa shape index (κ3) is 4.23. The van der Waals surface area contributed by atoms with Gasteiger partial charge in [0.15, 0.2) is 0 Å². The number of nitrogens with one attached hydrogen (secondary N) is 1. The molecule has 2 aromatic rings. The van der Waals surface area contributed by atoms with Crippen molar-refractivity contribution in [3.63, 3.8) is 0 Å². The minimum absolute atomic E-state index is 0.0442. The quantitative estimate of drug-likeness (QED) is 0.892. The summed E-state index contributed by atoms with van der Waals surface area (Å²) in [6.07, 6.45) is 3.27. The molecule has 23 heavy (non-hydrogen) atoms. The average Bonchev–Trinajstić information content (AvgIpc) is 3.05. The molecule has 1 unspecified atom stereocenters. The van der Waals surface area contributed by atoms with E-state index in [9.17, 15) is 4.79 Å². The highest BCUT2D eigenvalue weighted by molar-refractivity contribution is 5.43. The number of nitrogens with zero attached hydrogens (tertiary/aromatic N) is 1. The first-order valence-corrected chi connectivity index (χ1v) is 8.33. The molecule has 4 heteroatoms. The van der Waals surface area contributed by atoms with Crippen LogP contribution in [0.2, 0.25) is 0 Å². The van der Waals surface area contributed by atoms with Crippen LogP contribution in [0.25, 0.3) is 0 Å². The maximum Gasteiger partial charge on any atom is 0.252 e. The molecule has 1 saturated heterocycles. The summed E-state index contributed by atoms with van der Waals surface area (Å²) in [5.74, 6) is 0. The van der Waals surface area contributed by atoms with E-state index in [-0.39, 0.29) is 11.7 Å². The Morgan fingerprint density at radius 3 is 2.78 bits per heavy atom. The van der Waals surface area contributed by atoms with Gasteiger partial charge in [0.1, 0.15) is 0 Å². The van der Waals surface area contributed by atoms with Gasteiger partial charge in [-0.1, -0.05) is 30.3 Å². The minimum atomic E-state index is 0.0442. The molecule has 3 rings (SSSR count). The standard InChI is InChI=1S/C19H24N2O2/c1-15-12-17(20-10-9-16-6-3-2-4-7-16)13-19(22)21(15)14-18-8-5-11-23-18/h2-4,6-7,12-13,18,20H,5,8-11,14H2,1H3. The lowest BCUT2D eigenvalue weighted by Gasteiger charge is -2.16. The smallest absolute Gasteiger partial charge is 0.252 e. The van der Waals surface area contributed by atoms with E-state index < -0.39 is 0 Å². The van der Waals surface area contributed by atoms with Crippen molar-refractivity contribution in [2.75, 3.05) is 18.5 Å². The van der Waals surface area contributed by atoms with Gasteiger partial charge < -0.3 is 14.6 Å². The van der Waals surface area contributed by atoms with Crippen LogP contribution in [0.3, 0.4) is 0 Å². The summed E-state index contributed by atoms with van der Waals surface area (Å²) in [6.45, 7) is 4.28. The number of ether oxygens (including phenoxy) is 1. The zero-order valence-corrected chi connectivity index (χ0v) is 13.6. The number of aromatic nitrogens is 1. The monoisotopic (exact) mass is 312 g/mol. The molecule has 2 heterocycles. The summed E-state index contributed by atoms with van der Waals surface area (Å²) in [6, 6.07) is 14.1. The highest BCUT2D eigenvalue weighted by Gasteiger charge is 2.17. The van der Waals surface area contributed by atoms with Crippen LogP contribution in [-0.4, -0.2) is 23.8 Å². The Labute approximate surface area is 137 Å². The van der Waals surface area contributed by atoms with Crippen molar-refractivity contribution in [2.45, 2.75) is 38.8 Å². The van der Waals surface area contributed by atoms with Gasteiger partial charge in [-0.2, -0.15) is 0 Å². The number of hydrogen-bond donors (Lipinski definition) is 1.